The van der Waals surface area contributed by atoms with E-state index < -0.39 is 0 Å². The van der Waals surface area contributed by atoms with E-state index in [-0.39, 0.29) is 11.8 Å². The number of nitrogens with one attached hydrogen (secondary N) is 2. The molecular formula is C26H50N2O2. The molecule has 0 unspecified atom stereocenters. The van der Waals surface area contributed by atoms with Gasteiger partial charge in [0.25, 0.3) is 0 Å². The summed E-state index contributed by atoms with van der Waals surface area (Å²) in [5, 5.41) is 5.96. The maximum atomic E-state index is 11.6. The summed E-state index contributed by atoms with van der Waals surface area (Å²) in [4.78, 5) is 23.2. The van der Waals surface area contributed by atoms with Crippen molar-refractivity contribution in [3.8, 4) is 0 Å². The molecule has 0 aromatic carbocycles. The second kappa shape index (κ2) is 24.0. The van der Waals surface area contributed by atoms with Gasteiger partial charge in [-0.05, 0) is 51.4 Å². The molecule has 0 aromatic heterocycles. The van der Waals surface area contributed by atoms with Crippen LogP contribution in [0.15, 0.2) is 12.2 Å². The molecule has 0 saturated carbocycles. The van der Waals surface area contributed by atoms with Gasteiger partial charge in [0.1, 0.15) is 0 Å². The second-order valence-electron chi connectivity index (χ2n) is 8.49. The van der Waals surface area contributed by atoms with Gasteiger partial charge in [-0.2, -0.15) is 0 Å². The van der Waals surface area contributed by atoms with Gasteiger partial charge in [-0.15, -0.1) is 0 Å². The standard InChI is InChI=1S/C26H50N2O2/c1-3-5-23-27-25(29)21-19-17-15-13-11-9-7-8-10-12-14-16-18-20-22-26(30)28-24-6-4-2/h7-8H,3-6,9-24H2,1-2H3,(H,27,29)(H,28,30)/b8-7+. The normalized spacial score (nSPS) is 11.1. The third-order valence-corrected chi connectivity index (χ3v) is 5.42. The molecule has 0 bridgehead atoms. The minimum absolute atomic E-state index is 0.222. The zero-order valence-corrected chi connectivity index (χ0v) is 20.1. The predicted octanol–water partition coefficient (Wildman–Crippen LogP) is 6.84. The van der Waals surface area contributed by atoms with Gasteiger partial charge < -0.3 is 10.6 Å². The van der Waals surface area contributed by atoms with Crippen LogP contribution in [0.5, 0.6) is 0 Å². The van der Waals surface area contributed by atoms with Crippen LogP contribution < -0.4 is 10.6 Å². The molecule has 0 saturated heterocycles. The number of allylic oxidation sites excluding steroid dienone is 2. The number of amides is 2. The molecule has 0 radical (unpaired) electrons. The van der Waals surface area contributed by atoms with Crippen LogP contribution in [-0.2, 0) is 9.59 Å². The molecule has 0 aliphatic heterocycles. The predicted molar refractivity (Wildman–Crippen MR) is 130 cm³/mol. The van der Waals surface area contributed by atoms with Crippen LogP contribution in [-0.4, -0.2) is 24.9 Å². The van der Waals surface area contributed by atoms with Crippen molar-refractivity contribution in [3.63, 3.8) is 0 Å². The Kier molecular flexibility index (Phi) is 22.9. The van der Waals surface area contributed by atoms with Crippen LogP contribution in [0, 0.1) is 0 Å². The Morgan fingerprint density at radius 2 is 0.900 bits per heavy atom. The smallest absolute Gasteiger partial charge is 0.219 e. The van der Waals surface area contributed by atoms with E-state index >= 15 is 0 Å². The number of rotatable bonds is 22. The summed E-state index contributed by atoms with van der Waals surface area (Å²) in [6, 6.07) is 0. The van der Waals surface area contributed by atoms with E-state index in [4.69, 9.17) is 0 Å². The van der Waals surface area contributed by atoms with Gasteiger partial charge in [-0.25, -0.2) is 0 Å². The monoisotopic (exact) mass is 422 g/mol. The first-order chi connectivity index (χ1) is 14.7. The average molecular weight is 423 g/mol. The number of carbonyl (C=O) groups is 2. The summed E-state index contributed by atoms with van der Waals surface area (Å²) in [5.41, 5.74) is 0. The number of unbranched alkanes of at least 4 members (excludes halogenated alkanes) is 12. The van der Waals surface area contributed by atoms with Gasteiger partial charge in [-0.3, -0.25) is 9.59 Å². The molecule has 2 amide bonds. The number of carbonyl (C=O) groups excluding carboxylic acids is 2. The van der Waals surface area contributed by atoms with Crippen molar-refractivity contribution in [1.82, 2.24) is 10.6 Å². The Hall–Kier alpha value is -1.32. The summed E-state index contributed by atoms with van der Waals surface area (Å²) in [6.07, 6.45) is 24.8. The third kappa shape index (κ3) is 23.0. The van der Waals surface area contributed by atoms with Gasteiger partial charge >= 0.3 is 0 Å². The van der Waals surface area contributed by atoms with Gasteiger partial charge in [0, 0.05) is 25.9 Å². The minimum Gasteiger partial charge on any atom is -0.356 e. The third-order valence-electron chi connectivity index (χ3n) is 5.42. The summed E-state index contributed by atoms with van der Waals surface area (Å²) in [5.74, 6) is 0.443. The summed E-state index contributed by atoms with van der Waals surface area (Å²) < 4.78 is 0. The first-order valence-corrected chi connectivity index (χ1v) is 12.9. The Morgan fingerprint density at radius 3 is 1.30 bits per heavy atom. The first-order valence-electron chi connectivity index (χ1n) is 12.9. The van der Waals surface area contributed by atoms with Gasteiger partial charge in [0.2, 0.25) is 11.8 Å². The largest absolute Gasteiger partial charge is 0.356 e. The van der Waals surface area contributed by atoms with E-state index in [1.807, 2.05) is 0 Å². The lowest BCUT2D eigenvalue weighted by molar-refractivity contribution is -0.122. The molecule has 0 aliphatic rings. The van der Waals surface area contributed by atoms with E-state index in [0.717, 1.165) is 51.6 Å². The molecule has 0 heterocycles. The van der Waals surface area contributed by atoms with Crippen molar-refractivity contribution in [2.45, 2.75) is 129 Å². The van der Waals surface area contributed by atoms with E-state index in [9.17, 15) is 9.59 Å². The molecule has 176 valence electrons. The fraction of sp³-hybridized carbons (Fsp3) is 0.846. The molecule has 30 heavy (non-hydrogen) atoms. The van der Waals surface area contributed by atoms with Crippen LogP contribution in [0.2, 0.25) is 0 Å². The van der Waals surface area contributed by atoms with Gasteiger partial charge in [0.15, 0.2) is 0 Å². The lowest BCUT2D eigenvalue weighted by Crippen LogP contribution is -2.23. The van der Waals surface area contributed by atoms with Crippen molar-refractivity contribution in [1.29, 1.82) is 0 Å². The summed E-state index contributed by atoms with van der Waals surface area (Å²) in [7, 11) is 0. The van der Waals surface area contributed by atoms with Crippen LogP contribution in [0.25, 0.3) is 0 Å². The number of hydrogen-bond acceptors (Lipinski definition) is 2. The lowest BCUT2D eigenvalue weighted by atomic mass is 10.1. The van der Waals surface area contributed by atoms with Gasteiger partial charge in [0.05, 0.1) is 0 Å². The van der Waals surface area contributed by atoms with Crippen molar-refractivity contribution in [2.75, 3.05) is 13.1 Å². The van der Waals surface area contributed by atoms with E-state index in [2.05, 4.69) is 36.6 Å². The Labute approximate surface area is 187 Å². The van der Waals surface area contributed by atoms with Gasteiger partial charge in [-0.1, -0.05) is 77.4 Å². The van der Waals surface area contributed by atoms with E-state index in [1.54, 1.807) is 0 Å². The Morgan fingerprint density at radius 1 is 0.533 bits per heavy atom. The molecule has 4 heteroatoms. The fourth-order valence-corrected chi connectivity index (χ4v) is 3.38. The average Bonchev–Trinajstić information content (AvgIpc) is 2.73. The molecule has 4 nitrogen and oxygen atoms in total. The van der Waals surface area contributed by atoms with Crippen LogP contribution in [0.4, 0.5) is 0 Å². The zero-order chi connectivity index (χ0) is 22.1. The molecule has 0 spiro atoms. The van der Waals surface area contributed by atoms with E-state index in [1.165, 1.54) is 64.2 Å². The van der Waals surface area contributed by atoms with Crippen molar-refractivity contribution in [2.24, 2.45) is 0 Å². The zero-order valence-electron chi connectivity index (χ0n) is 20.1. The quantitative estimate of drug-likeness (QED) is 0.148. The van der Waals surface area contributed by atoms with Crippen LogP contribution in [0.1, 0.15) is 129 Å². The second-order valence-corrected chi connectivity index (χ2v) is 8.49. The molecule has 0 aromatic rings. The van der Waals surface area contributed by atoms with Crippen molar-refractivity contribution >= 4 is 11.8 Å². The molecular weight excluding hydrogens is 372 g/mol. The van der Waals surface area contributed by atoms with Crippen LogP contribution >= 0.6 is 0 Å². The fourth-order valence-electron chi connectivity index (χ4n) is 3.38. The Balaban J connectivity index is 3.24. The van der Waals surface area contributed by atoms with E-state index in [0.29, 0.717) is 12.8 Å². The molecule has 0 aliphatic carbocycles. The first kappa shape index (κ1) is 28.7. The summed E-state index contributed by atoms with van der Waals surface area (Å²) in [6.45, 7) is 5.95. The molecule has 0 rings (SSSR count). The van der Waals surface area contributed by atoms with Crippen LogP contribution in [0.3, 0.4) is 0 Å². The molecule has 0 fully saturated rings. The lowest BCUT2D eigenvalue weighted by Gasteiger charge is -2.04. The highest BCUT2D eigenvalue weighted by Gasteiger charge is 2.00. The number of hydrogen-bond donors (Lipinski definition) is 2. The molecule has 2 N–H and O–H groups in total. The topological polar surface area (TPSA) is 58.2 Å². The minimum atomic E-state index is 0.222. The highest BCUT2D eigenvalue weighted by atomic mass is 16.2. The maximum Gasteiger partial charge on any atom is 0.219 e. The SMILES string of the molecule is CCCCNC(=O)CCCCCCC/C=C/CCCCCCCC(=O)NCCCC. The van der Waals surface area contributed by atoms with Crippen molar-refractivity contribution in [3.05, 3.63) is 12.2 Å². The summed E-state index contributed by atoms with van der Waals surface area (Å²) >= 11 is 0. The highest BCUT2D eigenvalue weighted by molar-refractivity contribution is 5.76. The maximum absolute atomic E-state index is 11.6. The highest BCUT2D eigenvalue weighted by Crippen LogP contribution is 2.10. The molecule has 0 atom stereocenters. The Bertz CT molecular complexity index is 383. The van der Waals surface area contributed by atoms with Crippen molar-refractivity contribution < 1.29 is 9.59 Å².